The van der Waals surface area contributed by atoms with Gasteiger partial charge >= 0.3 is 0 Å². The third-order valence-electron chi connectivity index (χ3n) is 7.37. The van der Waals surface area contributed by atoms with Crippen molar-refractivity contribution in [2.45, 2.75) is 46.0 Å². The summed E-state index contributed by atoms with van der Waals surface area (Å²) in [5, 5.41) is 3.27. The van der Waals surface area contributed by atoms with Gasteiger partial charge in [0.15, 0.2) is 0 Å². The number of amides is 1. The van der Waals surface area contributed by atoms with Crippen LogP contribution in [-0.4, -0.2) is 73.8 Å². The molecule has 0 unspecified atom stereocenters. The highest BCUT2D eigenvalue weighted by Crippen LogP contribution is 2.29. The van der Waals surface area contributed by atoms with Crippen LogP contribution in [0.5, 0.6) is 0 Å². The minimum Gasteiger partial charge on any atom is -0.384 e. The van der Waals surface area contributed by atoms with Crippen molar-refractivity contribution < 1.29 is 4.79 Å². The predicted octanol–water partition coefficient (Wildman–Crippen LogP) is 5.47. The Bertz CT molecular complexity index is 1320. The minimum absolute atomic E-state index is 0.00311. The molecule has 1 N–H and O–H groups in total. The second kappa shape index (κ2) is 14.6. The number of piperidine rings is 1. The smallest absolute Gasteiger partial charge is 0.260 e. The lowest BCUT2D eigenvalue weighted by Gasteiger charge is -2.32. The molecule has 1 fully saturated rings. The molecule has 0 spiro atoms. The average molecular weight is 544 g/mol. The fourth-order valence-electron chi connectivity index (χ4n) is 5.33. The summed E-state index contributed by atoms with van der Waals surface area (Å²) in [5.41, 5.74) is 6.52. The molecule has 1 amide bonds. The molecule has 0 radical (unpaired) electrons. The maximum Gasteiger partial charge on any atom is 0.260 e. The first-order valence-electron chi connectivity index (χ1n) is 14.3. The first-order chi connectivity index (χ1) is 19.3. The molecule has 1 aromatic carbocycles. The summed E-state index contributed by atoms with van der Waals surface area (Å²) in [5.74, 6) is 0.548. The van der Waals surface area contributed by atoms with Crippen molar-refractivity contribution in [3.05, 3.63) is 93.5 Å². The molecule has 40 heavy (non-hydrogen) atoms. The summed E-state index contributed by atoms with van der Waals surface area (Å²) in [6.45, 7) is 14.1. The van der Waals surface area contributed by atoms with E-state index in [1.165, 1.54) is 11.1 Å². The lowest BCUT2D eigenvalue weighted by atomic mass is 9.88. The Morgan fingerprint density at radius 3 is 2.45 bits per heavy atom. The van der Waals surface area contributed by atoms with Gasteiger partial charge in [-0.05, 0) is 80.6 Å². The number of hydrogen-bond donors (Lipinski definition) is 1. The number of aromatic nitrogens is 1. The fraction of sp³-hybridized carbons (Fsp3) is 0.424. The van der Waals surface area contributed by atoms with Crippen molar-refractivity contribution in [1.82, 2.24) is 14.4 Å². The first kappa shape index (κ1) is 30.8. The molecule has 2 aliphatic heterocycles. The van der Waals surface area contributed by atoms with E-state index in [2.05, 4.69) is 46.9 Å². The number of anilines is 1. The van der Waals surface area contributed by atoms with E-state index >= 15 is 0 Å². The molecule has 4 rings (SSSR count). The molecule has 0 saturated carbocycles. The number of nitrogens with zero attached hydrogens (tertiary/aromatic N) is 4. The Kier molecular flexibility index (Phi) is 11.3. The molecular formula is C33H45N5O2. The molecule has 0 aliphatic carbocycles. The topological polar surface area (TPSA) is 69.9 Å². The Morgan fingerprint density at radius 2 is 1.82 bits per heavy atom. The Hall–Kier alpha value is -3.71. The van der Waals surface area contributed by atoms with Gasteiger partial charge in [-0.2, -0.15) is 0 Å². The number of likely N-dealkylation sites (tertiary alicyclic amines) is 1. The molecule has 2 aliphatic rings. The number of aliphatic imine (C=N–C) groups is 1. The monoisotopic (exact) mass is 543 g/mol. The van der Waals surface area contributed by atoms with Crippen LogP contribution in [0.1, 0.15) is 61.0 Å². The van der Waals surface area contributed by atoms with E-state index < -0.39 is 0 Å². The van der Waals surface area contributed by atoms with E-state index in [0.29, 0.717) is 5.92 Å². The molecule has 0 atom stereocenters. The summed E-state index contributed by atoms with van der Waals surface area (Å²) in [7, 11) is 5.27. The fourth-order valence-corrected chi connectivity index (χ4v) is 5.33. The van der Waals surface area contributed by atoms with Crippen LogP contribution in [0.2, 0.25) is 0 Å². The molecule has 0 bridgehead atoms. The molecule has 3 heterocycles. The summed E-state index contributed by atoms with van der Waals surface area (Å²) in [4.78, 5) is 33.5. The number of rotatable bonds is 8. The quantitative estimate of drug-likeness (QED) is 0.354. The van der Waals surface area contributed by atoms with E-state index in [1.807, 2.05) is 44.3 Å². The van der Waals surface area contributed by atoms with Crippen LogP contribution in [0.3, 0.4) is 0 Å². The molecule has 7 nitrogen and oxygen atoms in total. The maximum atomic E-state index is 13.2. The third kappa shape index (κ3) is 7.48. The van der Waals surface area contributed by atoms with E-state index in [4.69, 9.17) is 0 Å². The molecule has 214 valence electrons. The zero-order valence-electron chi connectivity index (χ0n) is 25.0. The van der Waals surface area contributed by atoms with Gasteiger partial charge in [0.1, 0.15) is 0 Å². The van der Waals surface area contributed by atoms with E-state index in [0.717, 1.165) is 73.5 Å². The van der Waals surface area contributed by atoms with Gasteiger partial charge in [-0.25, -0.2) is 0 Å². The summed E-state index contributed by atoms with van der Waals surface area (Å²) in [6, 6.07) is 10.1. The summed E-state index contributed by atoms with van der Waals surface area (Å²) < 4.78 is 1.68. The van der Waals surface area contributed by atoms with Crippen molar-refractivity contribution >= 4 is 23.5 Å². The van der Waals surface area contributed by atoms with Crippen molar-refractivity contribution in [3.63, 3.8) is 0 Å². The normalized spacial score (nSPS) is 16.2. The molecule has 1 aromatic heterocycles. The van der Waals surface area contributed by atoms with Gasteiger partial charge in [-0.15, -0.1) is 0 Å². The van der Waals surface area contributed by atoms with Gasteiger partial charge in [0, 0.05) is 63.5 Å². The standard InChI is InChI=1S/C31H39N5O2.C2H6/c1-22(20-23(2)29(11-15-32-3)36-19-14-28-27(31(36)38)10-16-33-28)21-35-17-12-25(13-18-35)24-6-8-26(9-7-24)30(37)34(4)5;1-2/h6-9,11,14-15,19-20,25,33H,2,10,12-13,16-18,21H2,1,3-5H3;1-2H3/b22-20+,29-11+,32-15?;. The Balaban J connectivity index is 0.00000216. The van der Waals surface area contributed by atoms with Crippen LogP contribution in [0, 0.1) is 0 Å². The van der Waals surface area contributed by atoms with E-state index in [-0.39, 0.29) is 11.5 Å². The second-order valence-electron chi connectivity index (χ2n) is 10.4. The Morgan fingerprint density at radius 1 is 1.15 bits per heavy atom. The van der Waals surface area contributed by atoms with Gasteiger partial charge in [-0.1, -0.05) is 44.2 Å². The van der Waals surface area contributed by atoms with Crippen LogP contribution < -0.4 is 10.9 Å². The highest BCUT2D eigenvalue weighted by Gasteiger charge is 2.22. The number of benzene rings is 1. The lowest BCUT2D eigenvalue weighted by Crippen LogP contribution is -2.34. The van der Waals surface area contributed by atoms with Crippen LogP contribution in [0.4, 0.5) is 5.69 Å². The van der Waals surface area contributed by atoms with Crippen molar-refractivity contribution in [3.8, 4) is 0 Å². The van der Waals surface area contributed by atoms with Gasteiger partial charge in [0.2, 0.25) is 0 Å². The summed E-state index contributed by atoms with van der Waals surface area (Å²) in [6.07, 6.45) is 10.4. The van der Waals surface area contributed by atoms with Crippen LogP contribution in [-0.2, 0) is 6.42 Å². The molecule has 2 aromatic rings. The number of hydrogen-bond acceptors (Lipinski definition) is 5. The number of carbonyl (C=O) groups excluding carboxylic acids is 1. The molecular weight excluding hydrogens is 498 g/mol. The first-order valence-corrected chi connectivity index (χ1v) is 14.3. The number of nitrogens with one attached hydrogen (secondary N) is 1. The zero-order valence-corrected chi connectivity index (χ0v) is 25.0. The second-order valence-corrected chi connectivity index (χ2v) is 10.4. The SMILES string of the molecule is C=C(/C=C(\C)CN1CCC(c2ccc(C(=O)N(C)C)cc2)CC1)/C(=C\C=NC)n1ccc2c(c1=O)CCN2.CC. The molecule has 7 heteroatoms. The van der Waals surface area contributed by atoms with Crippen LogP contribution in [0.25, 0.3) is 5.70 Å². The van der Waals surface area contributed by atoms with Gasteiger partial charge in [-0.3, -0.25) is 24.0 Å². The highest BCUT2D eigenvalue weighted by atomic mass is 16.2. The zero-order chi connectivity index (χ0) is 29.2. The maximum absolute atomic E-state index is 13.2. The van der Waals surface area contributed by atoms with Crippen LogP contribution in [0.15, 0.2) is 76.2 Å². The van der Waals surface area contributed by atoms with E-state index in [9.17, 15) is 9.59 Å². The van der Waals surface area contributed by atoms with Crippen molar-refractivity contribution in [2.75, 3.05) is 52.6 Å². The number of carbonyl (C=O) groups is 1. The predicted molar refractivity (Wildman–Crippen MR) is 169 cm³/mol. The highest BCUT2D eigenvalue weighted by molar-refractivity contribution is 5.93. The average Bonchev–Trinajstić information content (AvgIpc) is 3.45. The lowest BCUT2D eigenvalue weighted by molar-refractivity contribution is 0.0827. The van der Waals surface area contributed by atoms with Crippen LogP contribution >= 0.6 is 0 Å². The van der Waals surface area contributed by atoms with E-state index in [1.54, 1.807) is 36.8 Å². The minimum atomic E-state index is -0.00311. The summed E-state index contributed by atoms with van der Waals surface area (Å²) >= 11 is 0. The third-order valence-corrected chi connectivity index (χ3v) is 7.37. The largest absolute Gasteiger partial charge is 0.384 e. The number of pyridine rings is 1. The number of fused-ring (bicyclic) bond motifs is 1. The van der Waals surface area contributed by atoms with Gasteiger partial charge in [0.25, 0.3) is 11.5 Å². The van der Waals surface area contributed by atoms with Gasteiger partial charge < -0.3 is 10.2 Å². The van der Waals surface area contributed by atoms with Crippen molar-refractivity contribution in [1.29, 1.82) is 0 Å². The Labute approximate surface area is 239 Å². The number of allylic oxidation sites excluding steroid dienone is 4. The molecule has 1 saturated heterocycles. The van der Waals surface area contributed by atoms with Crippen molar-refractivity contribution in [2.24, 2.45) is 4.99 Å². The van der Waals surface area contributed by atoms with Gasteiger partial charge in [0.05, 0.1) is 5.70 Å².